The largest absolute Gasteiger partial charge is 0.454 e. The van der Waals surface area contributed by atoms with Gasteiger partial charge in [0.1, 0.15) is 5.58 Å². The summed E-state index contributed by atoms with van der Waals surface area (Å²) in [5.74, 6) is 0. The molecule has 15 rings (SSSR count). The minimum absolute atomic E-state index is 0.872. The third kappa shape index (κ3) is 6.81. The number of benzene rings is 12. The molecular formula is C72H50N2OSi2. The lowest BCUT2D eigenvalue weighted by Gasteiger charge is -2.45. The smallest absolute Gasteiger partial charge is 0.184 e. The fourth-order valence-corrected chi connectivity index (χ4v) is 23.1. The second kappa shape index (κ2) is 18.1. The maximum absolute atomic E-state index is 6.94. The predicted molar refractivity (Wildman–Crippen MR) is 329 cm³/mol. The summed E-state index contributed by atoms with van der Waals surface area (Å²) in [6.45, 7) is 0. The molecule has 0 bridgehead atoms. The molecule has 0 atom stereocenters. The summed E-state index contributed by atoms with van der Waals surface area (Å²) >= 11 is 0. The van der Waals surface area contributed by atoms with Crippen molar-refractivity contribution in [1.29, 1.82) is 0 Å². The van der Waals surface area contributed by atoms with Gasteiger partial charge in [-0.3, -0.25) is 0 Å². The van der Waals surface area contributed by atoms with Crippen LogP contribution in [0.2, 0.25) is 0 Å². The molecule has 1 aliphatic rings. The van der Waals surface area contributed by atoms with E-state index in [1.807, 2.05) is 0 Å². The minimum atomic E-state index is -2.99. The molecule has 77 heavy (non-hydrogen) atoms. The Kier molecular flexibility index (Phi) is 10.6. The quantitative estimate of drug-likeness (QED) is 0.106. The van der Waals surface area contributed by atoms with Gasteiger partial charge in [0.15, 0.2) is 21.7 Å². The lowest BCUT2D eigenvalue weighted by atomic mass is 10.1. The Morgan fingerprint density at radius 3 is 1.56 bits per heavy atom. The van der Waals surface area contributed by atoms with Crippen molar-refractivity contribution in [1.82, 2.24) is 4.57 Å². The van der Waals surface area contributed by atoms with Gasteiger partial charge in [0.2, 0.25) is 0 Å². The highest BCUT2D eigenvalue weighted by Gasteiger charge is 2.49. The third-order valence-electron chi connectivity index (χ3n) is 16.4. The fourth-order valence-electron chi connectivity index (χ4n) is 13.2. The summed E-state index contributed by atoms with van der Waals surface area (Å²) in [6, 6.07) is 113. The third-order valence-corrected chi connectivity index (χ3v) is 26.0. The van der Waals surface area contributed by atoms with E-state index in [1.54, 1.807) is 0 Å². The van der Waals surface area contributed by atoms with E-state index in [2.05, 4.69) is 313 Å². The summed E-state index contributed by atoms with van der Waals surface area (Å²) in [5, 5.41) is 15.4. The van der Waals surface area contributed by atoms with E-state index in [9.17, 15) is 0 Å². The van der Waals surface area contributed by atoms with Gasteiger partial charge in [-0.25, -0.2) is 0 Å². The van der Waals surface area contributed by atoms with Crippen molar-refractivity contribution in [2.45, 2.75) is 0 Å². The fraction of sp³-hybridized carbons (Fsp3) is 0. The van der Waals surface area contributed by atoms with Crippen LogP contribution in [0.15, 0.2) is 308 Å². The van der Waals surface area contributed by atoms with Gasteiger partial charge in [-0.15, -0.1) is 0 Å². The van der Waals surface area contributed by atoms with E-state index in [0.717, 1.165) is 55.7 Å². The first-order valence-corrected chi connectivity index (χ1v) is 30.6. The van der Waals surface area contributed by atoms with Gasteiger partial charge in [0.25, 0.3) is 0 Å². The molecule has 12 aromatic carbocycles. The highest BCUT2D eigenvalue weighted by atomic mass is 28.3. The standard InChI is InChI=1S/C72H50N2OSi2/c1-6-24-51(25-7-1)52-26-22-35-58(48-52)76(54-27-8-2-9-28-54,55-29-10-3-11-30-55)59-45-46-65-63(50-59)60-36-16-18-39-64(60)73(65)53-44-47-71-68(49-53)74(67-41-23-38-62-61-37-17-20-42-69(61)75-72(62)67)66-40-19-21-43-70(66)77(71,56-31-12-4-13-32-56)57-33-14-5-15-34-57/h1-50H. The maximum atomic E-state index is 6.94. The number of anilines is 3. The van der Waals surface area contributed by atoms with Crippen LogP contribution in [-0.2, 0) is 0 Å². The van der Waals surface area contributed by atoms with Gasteiger partial charge in [-0.1, -0.05) is 261 Å². The molecule has 362 valence electrons. The number of rotatable bonds is 9. The highest BCUT2D eigenvalue weighted by molar-refractivity contribution is 7.21. The molecule has 0 aliphatic carbocycles. The molecule has 14 aromatic rings. The Morgan fingerprint density at radius 2 is 0.831 bits per heavy atom. The Bertz CT molecular complexity index is 4440. The summed E-state index contributed by atoms with van der Waals surface area (Å²) in [5.41, 5.74) is 10.9. The Morgan fingerprint density at radius 1 is 0.312 bits per heavy atom. The van der Waals surface area contributed by atoms with Gasteiger partial charge < -0.3 is 13.9 Å². The molecule has 3 nitrogen and oxygen atoms in total. The number of aromatic nitrogens is 1. The number of nitrogens with zero attached hydrogens (tertiary/aromatic N) is 2. The van der Waals surface area contributed by atoms with E-state index >= 15 is 0 Å². The van der Waals surface area contributed by atoms with Crippen LogP contribution < -0.4 is 46.4 Å². The highest BCUT2D eigenvalue weighted by Crippen LogP contribution is 2.45. The lowest BCUT2D eigenvalue weighted by Crippen LogP contribution is -2.77. The maximum Gasteiger partial charge on any atom is 0.184 e. The van der Waals surface area contributed by atoms with Crippen molar-refractivity contribution in [2.75, 3.05) is 4.90 Å². The first-order chi connectivity index (χ1) is 38.2. The van der Waals surface area contributed by atoms with E-state index in [0.29, 0.717) is 0 Å². The summed E-state index contributed by atoms with van der Waals surface area (Å²) < 4.78 is 9.44. The summed E-state index contributed by atoms with van der Waals surface area (Å²) in [6.07, 6.45) is 0. The van der Waals surface area contributed by atoms with Crippen molar-refractivity contribution in [2.24, 2.45) is 0 Å². The normalized spacial score (nSPS) is 13.0. The molecule has 5 heteroatoms. The van der Waals surface area contributed by atoms with E-state index < -0.39 is 16.1 Å². The Balaban J connectivity index is 1.01. The van der Waals surface area contributed by atoms with E-state index in [4.69, 9.17) is 4.42 Å². The Labute approximate surface area is 449 Å². The van der Waals surface area contributed by atoms with Gasteiger partial charge in [-0.2, -0.15) is 0 Å². The van der Waals surface area contributed by atoms with Crippen LogP contribution in [0.25, 0.3) is 60.6 Å². The molecule has 0 unspecified atom stereocenters. The minimum Gasteiger partial charge on any atom is -0.454 e. The molecule has 0 amide bonds. The average Bonchev–Trinajstić information content (AvgIpc) is 4.22. The molecule has 0 fully saturated rings. The van der Waals surface area contributed by atoms with Gasteiger partial charge >= 0.3 is 0 Å². The zero-order valence-electron chi connectivity index (χ0n) is 42.2. The van der Waals surface area contributed by atoms with Crippen molar-refractivity contribution >= 4 is 118 Å². The van der Waals surface area contributed by atoms with Crippen molar-refractivity contribution < 1.29 is 4.42 Å². The molecular weight excluding hydrogens is 965 g/mol. The first-order valence-electron chi connectivity index (χ1n) is 26.6. The zero-order valence-corrected chi connectivity index (χ0v) is 44.2. The zero-order chi connectivity index (χ0) is 50.9. The second-order valence-corrected chi connectivity index (χ2v) is 27.8. The molecule has 2 aromatic heterocycles. The molecule has 1 aliphatic heterocycles. The number of para-hydroxylation sites is 4. The number of fused-ring (bicyclic) bond motifs is 8. The van der Waals surface area contributed by atoms with E-state index in [1.165, 1.54) is 63.4 Å². The number of hydrogen-bond acceptors (Lipinski definition) is 2. The SMILES string of the molecule is c1ccc(-c2cccc([Si](c3ccccc3)(c3ccccc3)c3ccc4c(c3)c3ccccc3n4-c3ccc4c(c3)N(c3cccc5c3oc3ccccc35)c3ccccc3[Si]4(c3ccccc3)c3ccccc3)c2)cc1. The van der Waals surface area contributed by atoms with Gasteiger partial charge in [0, 0.05) is 38.6 Å². The molecule has 3 heterocycles. The summed E-state index contributed by atoms with van der Waals surface area (Å²) in [4.78, 5) is 2.51. The van der Waals surface area contributed by atoms with Crippen molar-refractivity contribution in [3.05, 3.63) is 303 Å². The van der Waals surface area contributed by atoms with Crippen LogP contribution in [0.5, 0.6) is 0 Å². The van der Waals surface area contributed by atoms with Crippen LogP contribution in [0, 0.1) is 0 Å². The second-order valence-electron chi connectivity index (χ2n) is 20.3. The lowest BCUT2D eigenvalue weighted by molar-refractivity contribution is 0.669. The molecule has 0 saturated carbocycles. The molecule has 0 radical (unpaired) electrons. The average molecular weight is 1020 g/mol. The number of hydrogen-bond donors (Lipinski definition) is 0. The van der Waals surface area contributed by atoms with Crippen LogP contribution in [-0.4, -0.2) is 20.7 Å². The topological polar surface area (TPSA) is 21.3 Å². The van der Waals surface area contributed by atoms with Crippen LogP contribution in [0.1, 0.15) is 0 Å². The van der Waals surface area contributed by atoms with Crippen LogP contribution in [0.4, 0.5) is 17.1 Å². The predicted octanol–water partition coefficient (Wildman–Crippen LogP) is 12.9. The monoisotopic (exact) mass is 1010 g/mol. The molecule has 0 spiro atoms. The summed E-state index contributed by atoms with van der Waals surface area (Å²) in [7, 11) is -5.97. The molecule has 0 N–H and O–H groups in total. The molecule has 0 saturated heterocycles. The van der Waals surface area contributed by atoms with Gasteiger partial charge in [0.05, 0.1) is 16.7 Å². The van der Waals surface area contributed by atoms with Crippen LogP contribution >= 0.6 is 0 Å². The van der Waals surface area contributed by atoms with E-state index in [-0.39, 0.29) is 0 Å². The Hall–Kier alpha value is -9.53. The first kappa shape index (κ1) is 44.9. The number of furan rings is 1. The van der Waals surface area contributed by atoms with Gasteiger partial charge in [-0.05, 0) is 95.1 Å². The van der Waals surface area contributed by atoms with Crippen molar-refractivity contribution in [3.63, 3.8) is 0 Å². The van der Waals surface area contributed by atoms with Crippen LogP contribution in [0.3, 0.4) is 0 Å². The van der Waals surface area contributed by atoms with Crippen molar-refractivity contribution in [3.8, 4) is 16.8 Å².